The maximum Gasteiger partial charge on any atom is 0.374 e. The summed E-state index contributed by atoms with van der Waals surface area (Å²) in [4.78, 5) is 11.7. The monoisotopic (exact) mass is 281 g/mol. The molecule has 5 nitrogen and oxygen atoms in total. The van der Waals surface area contributed by atoms with Crippen LogP contribution in [0.3, 0.4) is 0 Å². The van der Waals surface area contributed by atoms with Crippen molar-refractivity contribution in [3.05, 3.63) is 34.0 Å². The number of esters is 1. The van der Waals surface area contributed by atoms with Crippen LogP contribution in [0, 0.1) is 6.92 Å². The van der Waals surface area contributed by atoms with Crippen LogP contribution in [0.5, 0.6) is 0 Å². The highest BCUT2D eigenvalue weighted by molar-refractivity contribution is 6.38. The van der Waals surface area contributed by atoms with Crippen molar-refractivity contribution in [2.24, 2.45) is 5.16 Å². The lowest BCUT2D eigenvalue weighted by molar-refractivity contribution is 0.0491. The molecule has 1 aromatic carbocycles. The van der Waals surface area contributed by atoms with Gasteiger partial charge >= 0.3 is 5.97 Å². The number of rotatable bonds is 3. The standard InChI is InChI=1S/C13H12ClNO4/c1-3-18-13(16)12-7(2)10-9(19-12)5-4-8(6-15-17)11(10)14/h4-6,17H,3H2,1-2H3. The molecule has 6 heteroatoms. The number of hydrogen-bond acceptors (Lipinski definition) is 5. The van der Waals surface area contributed by atoms with Crippen molar-refractivity contribution in [3.63, 3.8) is 0 Å². The highest BCUT2D eigenvalue weighted by Gasteiger charge is 2.21. The van der Waals surface area contributed by atoms with E-state index >= 15 is 0 Å². The summed E-state index contributed by atoms with van der Waals surface area (Å²) >= 11 is 6.21. The van der Waals surface area contributed by atoms with Crippen LogP contribution in [-0.2, 0) is 4.74 Å². The summed E-state index contributed by atoms with van der Waals surface area (Å²) in [6, 6.07) is 3.30. The maximum atomic E-state index is 11.7. The Kier molecular flexibility index (Phi) is 3.76. The topological polar surface area (TPSA) is 72.0 Å². The van der Waals surface area contributed by atoms with Crippen LogP contribution < -0.4 is 0 Å². The van der Waals surface area contributed by atoms with E-state index in [4.69, 9.17) is 26.0 Å². The van der Waals surface area contributed by atoms with E-state index in [0.29, 0.717) is 27.1 Å². The molecule has 19 heavy (non-hydrogen) atoms. The zero-order valence-corrected chi connectivity index (χ0v) is 11.2. The van der Waals surface area contributed by atoms with Gasteiger partial charge in [-0.05, 0) is 26.0 Å². The molecule has 2 rings (SSSR count). The second kappa shape index (κ2) is 5.32. The number of halogens is 1. The molecule has 0 radical (unpaired) electrons. The second-order valence-corrected chi connectivity index (χ2v) is 4.24. The molecule has 0 aliphatic carbocycles. The van der Waals surface area contributed by atoms with Crippen LogP contribution in [-0.4, -0.2) is 24.0 Å². The lowest BCUT2D eigenvalue weighted by Crippen LogP contribution is -2.04. The van der Waals surface area contributed by atoms with Gasteiger partial charge in [-0.25, -0.2) is 4.79 Å². The van der Waals surface area contributed by atoms with Gasteiger partial charge in [-0.1, -0.05) is 16.8 Å². The summed E-state index contributed by atoms with van der Waals surface area (Å²) in [5.74, 6) is -0.388. The molecule has 0 bridgehead atoms. The first kappa shape index (κ1) is 13.4. The quantitative estimate of drug-likeness (QED) is 0.405. The number of fused-ring (bicyclic) bond motifs is 1. The van der Waals surface area contributed by atoms with E-state index in [9.17, 15) is 4.79 Å². The normalized spacial score (nSPS) is 11.3. The van der Waals surface area contributed by atoms with Crippen LogP contribution in [0.4, 0.5) is 0 Å². The summed E-state index contributed by atoms with van der Waals surface area (Å²) < 4.78 is 10.4. The van der Waals surface area contributed by atoms with Crippen LogP contribution in [0.1, 0.15) is 28.6 Å². The lowest BCUT2D eigenvalue weighted by Gasteiger charge is -1.99. The van der Waals surface area contributed by atoms with Crippen molar-refractivity contribution in [1.82, 2.24) is 0 Å². The molecule has 1 N–H and O–H groups in total. The van der Waals surface area contributed by atoms with Crippen LogP contribution in [0.15, 0.2) is 21.7 Å². The van der Waals surface area contributed by atoms with Crippen LogP contribution in [0.25, 0.3) is 11.0 Å². The third-order valence-electron chi connectivity index (χ3n) is 2.72. The molecule has 0 spiro atoms. The molecular weight excluding hydrogens is 270 g/mol. The van der Waals surface area contributed by atoms with Crippen molar-refractivity contribution in [2.45, 2.75) is 13.8 Å². The van der Waals surface area contributed by atoms with Gasteiger partial charge in [0.1, 0.15) is 5.58 Å². The minimum atomic E-state index is -0.523. The molecule has 0 amide bonds. The fourth-order valence-corrected chi connectivity index (χ4v) is 2.21. The molecule has 0 saturated carbocycles. The molecule has 0 saturated heterocycles. The Morgan fingerprint density at radius 2 is 2.32 bits per heavy atom. The van der Waals surface area contributed by atoms with Gasteiger partial charge in [-0.2, -0.15) is 0 Å². The molecular formula is C13H12ClNO4. The van der Waals surface area contributed by atoms with Gasteiger partial charge in [0, 0.05) is 16.5 Å². The molecule has 0 fully saturated rings. The lowest BCUT2D eigenvalue weighted by atomic mass is 10.1. The zero-order valence-electron chi connectivity index (χ0n) is 10.4. The number of nitrogens with zero attached hydrogens (tertiary/aromatic N) is 1. The Morgan fingerprint density at radius 3 is 2.95 bits per heavy atom. The van der Waals surface area contributed by atoms with Crippen molar-refractivity contribution >= 4 is 34.8 Å². The summed E-state index contributed by atoms with van der Waals surface area (Å²) in [5, 5.41) is 12.5. The van der Waals surface area contributed by atoms with E-state index < -0.39 is 5.97 Å². The van der Waals surface area contributed by atoms with E-state index in [1.165, 1.54) is 6.21 Å². The van der Waals surface area contributed by atoms with Gasteiger partial charge in [-0.3, -0.25) is 0 Å². The van der Waals surface area contributed by atoms with Gasteiger partial charge in [0.05, 0.1) is 17.8 Å². The molecule has 1 aromatic heterocycles. The summed E-state index contributed by atoms with van der Waals surface area (Å²) in [6.07, 6.45) is 1.22. The molecule has 100 valence electrons. The van der Waals surface area contributed by atoms with Gasteiger partial charge < -0.3 is 14.4 Å². The fourth-order valence-electron chi connectivity index (χ4n) is 1.86. The summed E-state index contributed by atoms with van der Waals surface area (Å²) in [5.41, 5.74) is 1.63. The third kappa shape index (κ3) is 2.29. The summed E-state index contributed by atoms with van der Waals surface area (Å²) in [6.45, 7) is 3.72. The van der Waals surface area contributed by atoms with Crippen molar-refractivity contribution in [1.29, 1.82) is 0 Å². The Balaban J connectivity index is 2.64. The van der Waals surface area contributed by atoms with Crippen molar-refractivity contribution in [2.75, 3.05) is 6.61 Å². The number of carbonyl (C=O) groups excluding carboxylic acids is 1. The SMILES string of the molecule is CCOC(=O)c1oc2ccc(C=NO)c(Cl)c2c1C. The third-order valence-corrected chi connectivity index (χ3v) is 3.13. The molecule has 0 atom stereocenters. The maximum absolute atomic E-state index is 11.7. The van der Waals surface area contributed by atoms with Gasteiger partial charge in [0.2, 0.25) is 5.76 Å². The molecule has 0 unspecified atom stereocenters. The van der Waals surface area contributed by atoms with E-state index in [0.717, 1.165) is 0 Å². The van der Waals surface area contributed by atoms with Crippen molar-refractivity contribution in [3.8, 4) is 0 Å². The predicted molar refractivity (Wildman–Crippen MR) is 71.3 cm³/mol. The minimum Gasteiger partial charge on any atom is -0.460 e. The summed E-state index contributed by atoms with van der Waals surface area (Å²) in [7, 11) is 0. The van der Waals surface area contributed by atoms with Gasteiger partial charge in [-0.15, -0.1) is 0 Å². The van der Waals surface area contributed by atoms with E-state index in [-0.39, 0.29) is 12.4 Å². The smallest absolute Gasteiger partial charge is 0.374 e. The highest BCUT2D eigenvalue weighted by atomic mass is 35.5. The van der Waals surface area contributed by atoms with Crippen molar-refractivity contribution < 1.29 is 19.2 Å². The Hall–Kier alpha value is -2.01. The largest absolute Gasteiger partial charge is 0.460 e. The average molecular weight is 282 g/mol. The average Bonchev–Trinajstić information content (AvgIpc) is 2.71. The molecule has 0 aliphatic rings. The first-order valence-electron chi connectivity index (χ1n) is 5.66. The Morgan fingerprint density at radius 1 is 1.58 bits per heavy atom. The van der Waals surface area contributed by atoms with E-state index in [2.05, 4.69) is 5.16 Å². The number of oxime groups is 1. The number of ether oxygens (including phenoxy) is 1. The fraction of sp³-hybridized carbons (Fsp3) is 0.231. The number of benzene rings is 1. The highest BCUT2D eigenvalue weighted by Crippen LogP contribution is 2.33. The molecule has 2 aromatic rings. The first-order valence-corrected chi connectivity index (χ1v) is 6.04. The minimum absolute atomic E-state index is 0.136. The van der Waals surface area contributed by atoms with Crippen LogP contribution in [0.2, 0.25) is 5.02 Å². The first-order chi connectivity index (χ1) is 9.10. The van der Waals surface area contributed by atoms with Gasteiger partial charge in [0.25, 0.3) is 0 Å². The molecule has 0 aliphatic heterocycles. The number of hydrogen-bond donors (Lipinski definition) is 1. The number of furan rings is 1. The second-order valence-electron chi connectivity index (χ2n) is 3.86. The Bertz CT molecular complexity index is 660. The predicted octanol–water partition coefficient (Wildman–Crippen LogP) is 3.38. The zero-order chi connectivity index (χ0) is 14.0. The van der Waals surface area contributed by atoms with E-state index in [1.54, 1.807) is 26.0 Å². The van der Waals surface area contributed by atoms with E-state index in [1.807, 2.05) is 0 Å². The molecule has 1 heterocycles. The Labute approximate surface area is 114 Å². The number of carbonyl (C=O) groups is 1. The van der Waals surface area contributed by atoms with Gasteiger partial charge in [0.15, 0.2) is 0 Å². The van der Waals surface area contributed by atoms with Crippen LogP contribution >= 0.6 is 11.6 Å². The number of aryl methyl sites for hydroxylation is 1.